The van der Waals surface area contributed by atoms with E-state index in [0.29, 0.717) is 0 Å². The van der Waals surface area contributed by atoms with Gasteiger partial charge in [0.25, 0.3) is 5.91 Å². The van der Waals surface area contributed by atoms with Crippen molar-refractivity contribution < 1.29 is 18.7 Å². The van der Waals surface area contributed by atoms with Crippen LogP contribution >= 0.6 is 0 Å². The quantitative estimate of drug-likeness (QED) is 0.808. The molecule has 5 nitrogen and oxygen atoms in total. The molecular formula is C19H23NO4. The lowest BCUT2D eigenvalue weighted by Crippen LogP contribution is -2.44. The number of amides is 1. The lowest BCUT2D eigenvalue weighted by molar-refractivity contribution is -0.152. The molecule has 5 heteroatoms. The normalized spacial score (nSPS) is 17.9. The highest BCUT2D eigenvalue weighted by Crippen LogP contribution is 2.23. The molecule has 1 aromatic heterocycles. The van der Waals surface area contributed by atoms with Gasteiger partial charge in [-0.15, -0.1) is 0 Å². The van der Waals surface area contributed by atoms with Crippen LogP contribution in [0, 0.1) is 6.92 Å². The Balaban J connectivity index is 1.56. The number of fused-ring (bicyclic) bond motifs is 1. The van der Waals surface area contributed by atoms with Crippen molar-refractivity contribution >= 4 is 22.8 Å². The summed E-state index contributed by atoms with van der Waals surface area (Å²) in [6.07, 6.45) is 4.88. The second-order valence-electron chi connectivity index (χ2n) is 6.53. The third-order valence-corrected chi connectivity index (χ3v) is 4.63. The van der Waals surface area contributed by atoms with Crippen LogP contribution in [0.1, 0.15) is 37.3 Å². The first-order valence-corrected chi connectivity index (χ1v) is 8.46. The molecule has 0 spiro atoms. The monoisotopic (exact) mass is 329 g/mol. The molecule has 0 radical (unpaired) electrons. The molecule has 1 aliphatic heterocycles. The molecule has 1 atom stereocenters. The van der Waals surface area contributed by atoms with Crippen LogP contribution in [0.5, 0.6) is 0 Å². The second-order valence-corrected chi connectivity index (χ2v) is 6.53. The summed E-state index contributed by atoms with van der Waals surface area (Å²) in [4.78, 5) is 26.1. The number of furan rings is 1. The number of hydrogen-bond acceptors (Lipinski definition) is 4. The molecule has 1 saturated heterocycles. The Morgan fingerprint density at radius 3 is 2.96 bits per heavy atom. The number of hydrogen-bond donors (Lipinski definition) is 0. The van der Waals surface area contributed by atoms with E-state index in [1.54, 1.807) is 6.26 Å². The number of rotatable bonds is 4. The Morgan fingerprint density at radius 1 is 1.33 bits per heavy atom. The van der Waals surface area contributed by atoms with Crippen LogP contribution in [0.3, 0.4) is 0 Å². The third kappa shape index (κ3) is 3.61. The molecule has 0 N–H and O–H groups in total. The summed E-state index contributed by atoms with van der Waals surface area (Å²) in [6.45, 7) is 4.60. The van der Waals surface area contributed by atoms with Crippen LogP contribution < -0.4 is 0 Å². The first-order valence-electron chi connectivity index (χ1n) is 8.46. The maximum absolute atomic E-state index is 12.2. The van der Waals surface area contributed by atoms with E-state index in [1.165, 1.54) is 0 Å². The Hall–Kier alpha value is -2.30. The summed E-state index contributed by atoms with van der Waals surface area (Å²) < 4.78 is 10.7. The van der Waals surface area contributed by atoms with Gasteiger partial charge in [0, 0.05) is 23.5 Å². The molecule has 2 aromatic rings. The minimum absolute atomic E-state index is 0.108. The van der Waals surface area contributed by atoms with Crippen LogP contribution in [0.4, 0.5) is 0 Å². The van der Waals surface area contributed by atoms with Gasteiger partial charge in [-0.2, -0.15) is 0 Å². The van der Waals surface area contributed by atoms with Crippen molar-refractivity contribution in [2.75, 3.05) is 13.2 Å². The molecule has 1 aromatic carbocycles. The van der Waals surface area contributed by atoms with E-state index >= 15 is 0 Å². The Labute approximate surface area is 141 Å². The highest BCUT2D eigenvalue weighted by atomic mass is 16.5. The van der Waals surface area contributed by atoms with Gasteiger partial charge >= 0.3 is 5.97 Å². The van der Waals surface area contributed by atoms with Gasteiger partial charge in [-0.05, 0) is 44.7 Å². The highest BCUT2D eigenvalue weighted by molar-refractivity contribution is 5.87. The lowest BCUT2D eigenvalue weighted by atomic mass is 10.0. The summed E-state index contributed by atoms with van der Waals surface area (Å²) in [5.74, 6) is -0.514. The van der Waals surface area contributed by atoms with Gasteiger partial charge in [-0.25, -0.2) is 0 Å². The smallest absolute Gasteiger partial charge is 0.310 e. The molecule has 1 fully saturated rings. The number of likely N-dealkylation sites (tertiary alicyclic amines) is 1. The van der Waals surface area contributed by atoms with Crippen LogP contribution in [0.25, 0.3) is 11.0 Å². The zero-order valence-corrected chi connectivity index (χ0v) is 14.2. The van der Waals surface area contributed by atoms with Crippen molar-refractivity contribution in [3.05, 3.63) is 35.6 Å². The number of piperidine rings is 1. The standard InChI is InChI=1S/C19H23NO4/c1-13-6-7-16-15(11-23-17(16)9-13)10-19(22)24-12-18(21)20-8-4-3-5-14(20)2/h6-7,9,11,14H,3-5,8,10,12H2,1-2H3. The van der Waals surface area contributed by atoms with Crippen LogP contribution in [-0.4, -0.2) is 36.0 Å². The van der Waals surface area contributed by atoms with Gasteiger partial charge in [0.1, 0.15) is 5.58 Å². The van der Waals surface area contributed by atoms with Gasteiger partial charge in [-0.3, -0.25) is 9.59 Å². The van der Waals surface area contributed by atoms with Gasteiger partial charge in [-0.1, -0.05) is 12.1 Å². The lowest BCUT2D eigenvalue weighted by Gasteiger charge is -2.33. The molecule has 24 heavy (non-hydrogen) atoms. The summed E-state index contributed by atoms with van der Waals surface area (Å²) in [7, 11) is 0. The highest BCUT2D eigenvalue weighted by Gasteiger charge is 2.24. The molecule has 2 heterocycles. The fourth-order valence-corrected chi connectivity index (χ4v) is 3.23. The number of carbonyl (C=O) groups is 2. The first kappa shape index (κ1) is 16.6. The van der Waals surface area contributed by atoms with Crippen molar-refractivity contribution in [2.45, 2.75) is 45.6 Å². The fourth-order valence-electron chi connectivity index (χ4n) is 3.23. The summed E-state index contributed by atoms with van der Waals surface area (Å²) >= 11 is 0. The first-order chi connectivity index (χ1) is 11.5. The number of carbonyl (C=O) groups excluding carboxylic acids is 2. The zero-order chi connectivity index (χ0) is 17.1. The summed E-state index contributed by atoms with van der Waals surface area (Å²) in [5, 5.41) is 0.911. The largest absolute Gasteiger partial charge is 0.464 e. The van der Waals surface area contributed by atoms with Crippen molar-refractivity contribution in [1.82, 2.24) is 4.90 Å². The Bertz CT molecular complexity index is 749. The number of aryl methyl sites for hydroxylation is 1. The summed E-state index contributed by atoms with van der Waals surface area (Å²) in [6, 6.07) is 6.09. The minimum Gasteiger partial charge on any atom is -0.464 e. The van der Waals surface area contributed by atoms with E-state index in [-0.39, 0.29) is 25.0 Å². The predicted octanol–water partition coefficient (Wildman–Crippen LogP) is 3.23. The molecule has 3 rings (SSSR count). The second kappa shape index (κ2) is 7.07. The summed E-state index contributed by atoms with van der Waals surface area (Å²) in [5.41, 5.74) is 2.65. The Kier molecular flexibility index (Phi) is 4.88. The Morgan fingerprint density at radius 2 is 2.17 bits per heavy atom. The minimum atomic E-state index is -0.406. The van der Waals surface area contributed by atoms with Gasteiger partial charge in [0.2, 0.25) is 0 Å². The molecule has 0 aliphatic carbocycles. The number of benzene rings is 1. The van der Waals surface area contributed by atoms with Crippen LogP contribution in [0.2, 0.25) is 0 Å². The third-order valence-electron chi connectivity index (χ3n) is 4.63. The molecule has 1 amide bonds. The van der Waals surface area contributed by atoms with E-state index in [0.717, 1.165) is 47.9 Å². The topological polar surface area (TPSA) is 59.8 Å². The van der Waals surface area contributed by atoms with Crippen LogP contribution in [-0.2, 0) is 20.7 Å². The predicted molar refractivity (Wildman–Crippen MR) is 90.6 cm³/mol. The van der Waals surface area contributed by atoms with E-state index < -0.39 is 5.97 Å². The number of esters is 1. The average molecular weight is 329 g/mol. The number of ether oxygens (including phenoxy) is 1. The molecule has 0 saturated carbocycles. The van der Waals surface area contributed by atoms with Gasteiger partial charge in [0.05, 0.1) is 12.7 Å². The fraction of sp³-hybridized carbons (Fsp3) is 0.474. The van der Waals surface area contributed by atoms with Gasteiger partial charge < -0.3 is 14.1 Å². The SMILES string of the molecule is Cc1ccc2c(CC(=O)OCC(=O)N3CCCCC3C)coc2c1. The molecule has 1 aliphatic rings. The van der Waals surface area contributed by atoms with Crippen molar-refractivity contribution in [3.8, 4) is 0 Å². The van der Waals surface area contributed by atoms with Gasteiger partial charge in [0.15, 0.2) is 6.61 Å². The van der Waals surface area contributed by atoms with E-state index in [4.69, 9.17) is 9.15 Å². The van der Waals surface area contributed by atoms with E-state index in [1.807, 2.05) is 36.9 Å². The van der Waals surface area contributed by atoms with Crippen molar-refractivity contribution in [2.24, 2.45) is 0 Å². The molecule has 0 bridgehead atoms. The van der Waals surface area contributed by atoms with Crippen LogP contribution in [0.15, 0.2) is 28.9 Å². The number of nitrogens with zero attached hydrogens (tertiary/aromatic N) is 1. The molecule has 1 unspecified atom stereocenters. The van der Waals surface area contributed by atoms with Crippen molar-refractivity contribution in [1.29, 1.82) is 0 Å². The maximum Gasteiger partial charge on any atom is 0.310 e. The van der Waals surface area contributed by atoms with Crippen molar-refractivity contribution in [3.63, 3.8) is 0 Å². The zero-order valence-electron chi connectivity index (χ0n) is 14.2. The maximum atomic E-state index is 12.2. The van der Waals surface area contributed by atoms with E-state index in [9.17, 15) is 9.59 Å². The average Bonchev–Trinajstić information content (AvgIpc) is 2.95. The molecular weight excluding hydrogens is 306 g/mol. The molecule has 128 valence electrons. The van der Waals surface area contributed by atoms with E-state index in [2.05, 4.69) is 0 Å².